The maximum atomic E-state index is 13.2. The predicted octanol–water partition coefficient (Wildman–Crippen LogP) is 2.07. The van der Waals surface area contributed by atoms with Crippen molar-refractivity contribution in [3.63, 3.8) is 0 Å². The summed E-state index contributed by atoms with van der Waals surface area (Å²) in [4.78, 5) is 13.6. The average molecular weight is 279 g/mol. The Morgan fingerprint density at radius 3 is 2.82 bits per heavy atom. The van der Waals surface area contributed by atoms with E-state index in [0.717, 1.165) is 6.42 Å². The smallest absolute Gasteiger partial charge is 0.255 e. The summed E-state index contributed by atoms with van der Waals surface area (Å²) in [5.74, 6) is -0.825. The van der Waals surface area contributed by atoms with Crippen LogP contribution >= 0.6 is 24.0 Å². The largest absolute Gasteiger partial charge is 0.337 e. The summed E-state index contributed by atoms with van der Waals surface area (Å²) >= 11 is 5.75. The van der Waals surface area contributed by atoms with Crippen molar-refractivity contribution in [2.45, 2.75) is 12.5 Å². The Balaban J connectivity index is 0.00000144. The highest BCUT2D eigenvalue weighted by Gasteiger charge is 2.26. The molecule has 94 valence electrons. The van der Waals surface area contributed by atoms with Gasteiger partial charge in [0.2, 0.25) is 0 Å². The summed E-state index contributed by atoms with van der Waals surface area (Å²) in [5, 5.41) is -0.118. The summed E-state index contributed by atoms with van der Waals surface area (Å²) in [5.41, 5.74) is 5.91. The van der Waals surface area contributed by atoms with Crippen LogP contribution in [0.2, 0.25) is 5.02 Å². The van der Waals surface area contributed by atoms with Crippen LogP contribution in [0.5, 0.6) is 0 Å². The molecule has 1 amide bonds. The van der Waals surface area contributed by atoms with E-state index < -0.39 is 5.82 Å². The van der Waals surface area contributed by atoms with Crippen LogP contribution in [0.4, 0.5) is 4.39 Å². The lowest BCUT2D eigenvalue weighted by molar-refractivity contribution is 0.0790. The molecule has 1 saturated heterocycles. The van der Waals surface area contributed by atoms with Crippen molar-refractivity contribution in [3.8, 4) is 0 Å². The second-order valence-corrected chi connectivity index (χ2v) is 4.28. The molecule has 1 aromatic rings. The number of hydrogen-bond acceptors (Lipinski definition) is 2. The Bertz CT molecular complexity index is 428. The number of amides is 1. The molecule has 1 heterocycles. The van der Waals surface area contributed by atoms with Crippen molar-refractivity contribution in [3.05, 3.63) is 34.6 Å². The molecule has 1 aliphatic rings. The first-order chi connectivity index (χ1) is 7.59. The van der Waals surface area contributed by atoms with Crippen molar-refractivity contribution < 1.29 is 9.18 Å². The molecule has 6 heteroatoms. The third kappa shape index (κ3) is 2.89. The lowest BCUT2D eigenvalue weighted by Crippen LogP contribution is -2.32. The molecule has 1 aliphatic heterocycles. The first kappa shape index (κ1) is 14.2. The number of benzene rings is 1. The van der Waals surface area contributed by atoms with E-state index in [4.69, 9.17) is 17.3 Å². The van der Waals surface area contributed by atoms with Gasteiger partial charge in [0.1, 0.15) is 5.82 Å². The normalized spacial score (nSPS) is 19.0. The van der Waals surface area contributed by atoms with Crippen LogP contribution in [0, 0.1) is 5.82 Å². The first-order valence-electron chi connectivity index (χ1n) is 5.08. The first-order valence-corrected chi connectivity index (χ1v) is 5.46. The van der Waals surface area contributed by atoms with E-state index >= 15 is 0 Å². The maximum Gasteiger partial charge on any atom is 0.255 e. The number of nitrogens with two attached hydrogens (primary N) is 1. The van der Waals surface area contributed by atoms with Crippen molar-refractivity contribution in [1.29, 1.82) is 0 Å². The molecule has 2 N–H and O–H groups in total. The summed E-state index contributed by atoms with van der Waals surface area (Å²) < 4.78 is 13.2. The van der Waals surface area contributed by atoms with E-state index in [1.807, 2.05) is 0 Å². The molecule has 17 heavy (non-hydrogen) atoms. The van der Waals surface area contributed by atoms with Gasteiger partial charge in [0.25, 0.3) is 5.91 Å². The van der Waals surface area contributed by atoms with Gasteiger partial charge in [-0.25, -0.2) is 4.39 Å². The summed E-state index contributed by atoms with van der Waals surface area (Å²) in [6.45, 7) is 1.11. The number of carbonyl (C=O) groups is 1. The molecule has 0 aliphatic carbocycles. The summed E-state index contributed by atoms with van der Waals surface area (Å²) in [7, 11) is 0. The molecule has 0 radical (unpaired) electrons. The van der Waals surface area contributed by atoms with E-state index in [0.29, 0.717) is 13.1 Å². The molecule has 0 aromatic heterocycles. The van der Waals surface area contributed by atoms with Gasteiger partial charge in [-0.2, -0.15) is 0 Å². The Morgan fingerprint density at radius 1 is 1.53 bits per heavy atom. The lowest BCUT2D eigenvalue weighted by atomic mass is 10.2. The molecule has 0 spiro atoms. The van der Waals surface area contributed by atoms with E-state index in [1.165, 1.54) is 18.2 Å². The molecule has 1 unspecified atom stereocenters. The van der Waals surface area contributed by atoms with Crippen LogP contribution in [0.3, 0.4) is 0 Å². The second kappa shape index (κ2) is 5.67. The van der Waals surface area contributed by atoms with Crippen LogP contribution in [0.1, 0.15) is 16.8 Å². The van der Waals surface area contributed by atoms with Gasteiger partial charge in [0.15, 0.2) is 0 Å². The fourth-order valence-electron chi connectivity index (χ4n) is 1.81. The molecule has 1 atom stereocenters. The highest BCUT2D eigenvalue weighted by molar-refractivity contribution is 6.34. The van der Waals surface area contributed by atoms with Crippen LogP contribution in [0.15, 0.2) is 18.2 Å². The average Bonchev–Trinajstić information content (AvgIpc) is 2.68. The zero-order valence-electron chi connectivity index (χ0n) is 9.03. The molecule has 0 saturated carbocycles. The van der Waals surface area contributed by atoms with E-state index in [2.05, 4.69) is 0 Å². The second-order valence-electron chi connectivity index (χ2n) is 3.90. The van der Waals surface area contributed by atoms with E-state index in [9.17, 15) is 9.18 Å². The predicted molar refractivity (Wildman–Crippen MR) is 67.2 cm³/mol. The standard InChI is InChI=1S/C11H12ClFN2O.ClH/c12-10-8(2-1-3-9(10)13)11(16)15-5-4-7(14)6-15;/h1-3,7H,4-6,14H2;1H. The minimum atomic E-state index is -0.573. The topological polar surface area (TPSA) is 46.3 Å². The van der Waals surface area contributed by atoms with Crippen LogP contribution in [-0.4, -0.2) is 29.9 Å². The fraction of sp³-hybridized carbons (Fsp3) is 0.364. The quantitative estimate of drug-likeness (QED) is 0.855. The van der Waals surface area contributed by atoms with Gasteiger partial charge in [-0.05, 0) is 18.6 Å². The Hall–Kier alpha value is -0.840. The third-order valence-electron chi connectivity index (χ3n) is 2.69. The zero-order chi connectivity index (χ0) is 11.7. The van der Waals surface area contributed by atoms with Crippen molar-refractivity contribution in [2.75, 3.05) is 13.1 Å². The minimum absolute atomic E-state index is 0. The van der Waals surface area contributed by atoms with Crippen LogP contribution in [0.25, 0.3) is 0 Å². The van der Waals surface area contributed by atoms with Crippen LogP contribution in [-0.2, 0) is 0 Å². The number of rotatable bonds is 1. The van der Waals surface area contributed by atoms with E-state index in [1.54, 1.807) is 4.90 Å². The Labute approximate surface area is 110 Å². The van der Waals surface area contributed by atoms with Crippen molar-refractivity contribution in [1.82, 2.24) is 4.90 Å². The van der Waals surface area contributed by atoms with Crippen LogP contribution < -0.4 is 5.73 Å². The molecule has 0 bridgehead atoms. The lowest BCUT2D eigenvalue weighted by Gasteiger charge is -2.16. The van der Waals surface area contributed by atoms with Gasteiger partial charge in [-0.3, -0.25) is 4.79 Å². The monoisotopic (exact) mass is 278 g/mol. The minimum Gasteiger partial charge on any atom is -0.337 e. The molecule has 2 rings (SSSR count). The number of nitrogens with zero attached hydrogens (tertiary/aromatic N) is 1. The fourth-order valence-corrected chi connectivity index (χ4v) is 2.02. The highest BCUT2D eigenvalue weighted by atomic mass is 35.5. The summed E-state index contributed by atoms with van der Waals surface area (Å²) in [6.07, 6.45) is 0.776. The zero-order valence-corrected chi connectivity index (χ0v) is 10.6. The molecule has 1 fully saturated rings. The molecular weight excluding hydrogens is 266 g/mol. The van der Waals surface area contributed by atoms with Gasteiger partial charge < -0.3 is 10.6 Å². The van der Waals surface area contributed by atoms with Crippen molar-refractivity contribution in [2.24, 2.45) is 5.73 Å². The maximum absolute atomic E-state index is 13.2. The number of carbonyl (C=O) groups excluding carboxylic acids is 1. The van der Waals surface area contributed by atoms with Crippen molar-refractivity contribution >= 4 is 29.9 Å². The van der Waals surface area contributed by atoms with Gasteiger partial charge in [-0.1, -0.05) is 17.7 Å². The third-order valence-corrected chi connectivity index (χ3v) is 3.08. The summed E-state index contributed by atoms with van der Waals surface area (Å²) in [6, 6.07) is 4.24. The molecular formula is C11H13Cl2FN2O. The SMILES string of the molecule is Cl.NC1CCN(C(=O)c2cccc(F)c2Cl)C1. The Morgan fingerprint density at radius 2 is 2.24 bits per heavy atom. The molecule has 1 aromatic carbocycles. The van der Waals surface area contributed by atoms with E-state index in [-0.39, 0.29) is 34.9 Å². The number of hydrogen-bond donors (Lipinski definition) is 1. The number of halogens is 3. The number of likely N-dealkylation sites (tertiary alicyclic amines) is 1. The van der Waals surface area contributed by atoms with Gasteiger partial charge in [-0.15, -0.1) is 12.4 Å². The highest BCUT2D eigenvalue weighted by Crippen LogP contribution is 2.22. The molecule has 3 nitrogen and oxygen atoms in total. The van der Waals surface area contributed by atoms with Gasteiger partial charge >= 0.3 is 0 Å². The van der Waals surface area contributed by atoms with Gasteiger partial charge in [0, 0.05) is 19.1 Å². The van der Waals surface area contributed by atoms with Gasteiger partial charge in [0.05, 0.1) is 10.6 Å². The Kier molecular flexibility index (Phi) is 4.74.